The van der Waals surface area contributed by atoms with E-state index in [0.29, 0.717) is 29.6 Å². The molecule has 0 bridgehead atoms. The first-order valence-electron chi connectivity index (χ1n) is 15.0. The maximum absolute atomic E-state index is 14.2. The van der Waals surface area contributed by atoms with Crippen molar-refractivity contribution in [3.8, 4) is 16.5 Å². The first-order valence-corrected chi connectivity index (χ1v) is 17.4. The summed E-state index contributed by atoms with van der Waals surface area (Å²) < 4.78 is 32.5. The number of aliphatic carboxylic acids is 1. The summed E-state index contributed by atoms with van der Waals surface area (Å²) in [6.07, 6.45) is 1.52. The van der Waals surface area contributed by atoms with Crippen molar-refractivity contribution in [2.75, 3.05) is 6.54 Å². The van der Waals surface area contributed by atoms with Crippen molar-refractivity contribution in [2.24, 2.45) is 11.8 Å². The van der Waals surface area contributed by atoms with Crippen LogP contribution in [0.15, 0.2) is 54.4 Å². The van der Waals surface area contributed by atoms with Gasteiger partial charge in [-0.2, -0.15) is 0 Å². The number of para-hydroxylation sites is 2. The number of carbonyl (C=O) groups excluding carboxylic acids is 2. The van der Waals surface area contributed by atoms with Crippen molar-refractivity contribution in [3.63, 3.8) is 0 Å². The van der Waals surface area contributed by atoms with Gasteiger partial charge in [0.2, 0.25) is 27.7 Å². The Balaban J connectivity index is 1.34. The van der Waals surface area contributed by atoms with Gasteiger partial charge in [0.15, 0.2) is 0 Å². The molecule has 5 atom stereocenters. The van der Waals surface area contributed by atoms with Crippen molar-refractivity contribution in [3.05, 3.63) is 54.4 Å². The van der Waals surface area contributed by atoms with Gasteiger partial charge in [-0.1, -0.05) is 42.6 Å². The van der Waals surface area contributed by atoms with Gasteiger partial charge in [0.1, 0.15) is 29.4 Å². The number of aromatic nitrogens is 2. The highest BCUT2D eigenvalue weighted by atomic mass is 32.2. The van der Waals surface area contributed by atoms with Gasteiger partial charge >= 0.3 is 5.97 Å². The van der Waals surface area contributed by atoms with Crippen molar-refractivity contribution < 1.29 is 37.9 Å². The number of hydrogen-bond donors (Lipinski definition) is 3. The number of carbonyl (C=O) groups is 3. The molecule has 2 unspecified atom stereocenters. The average Bonchev–Trinajstić information content (AvgIpc) is 3.89. The lowest BCUT2D eigenvalue weighted by Crippen LogP contribution is -2.58. The number of nitrogens with zero attached hydrogens (tertiary/aromatic N) is 4. The standard InChI is InChI=1S/C31H35N5O8S2/c1-4-18-15-31(18,30(39)40)34-27(37)23-14-19(16-35(23)29(38)26(17(2)3)36(41)46(42,43)20-11-12-20)44-28-25(24-10-7-13-45-24)32-21-8-5-6-9-22(21)33-28/h4-10,13,17-20,23,26,41H,1,11-12,14-16H2,2-3H3,(H,34,37)(H,39,40)/t18-,19-,23+,26?,31?/m1/s1. The van der Waals surface area contributed by atoms with Crippen molar-refractivity contribution in [1.29, 1.82) is 0 Å². The number of nitrogens with one attached hydrogen (secondary N) is 1. The summed E-state index contributed by atoms with van der Waals surface area (Å²) in [5, 5.41) is 24.6. The van der Waals surface area contributed by atoms with Crippen LogP contribution in [-0.4, -0.2) is 91.4 Å². The summed E-state index contributed by atoms with van der Waals surface area (Å²) in [5.74, 6) is -3.71. The van der Waals surface area contributed by atoms with Crippen LogP contribution in [0.4, 0.5) is 0 Å². The number of amides is 2. The van der Waals surface area contributed by atoms with Gasteiger partial charge < -0.3 is 20.1 Å². The summed E-state index contributed by atoms with van der Waals surface area (Å²) in [6, 6.07) is 8.27. The monoisotopic (exact) mass is 669 g/mol. The van der Waals surface area contributed by atoms with Crippen molar-refractivity contribution in [2.45, 2.75) is 68.5 Å². The molecule has 1 aliphatic heterocycles. The minimum atomic E-state index is -4.17. The van der Waals surface area contributed by atoms with E-state index in [1.54, 1.807) is 19.9 Å². The molecule has 2 saturated carbocycles. The predicted molar refractivity (Wildman–Crippen MR) is 168 cm³/mol. The summed E-state index contributed by atoms with van der Waals surface area (Å²) in [6.45, 7) is 6.71. The second-order valence-electron chi connectivity index (χ2n) is 12.3. The SMILES string of the molecule is C=C[C@@H]1CC1(NC(=O)[C@@H]1C[C@@H](Oc2nc3ccccc3nc2-c2cccs2)CN1C(=O)C(C(C)C)N(O)S(=O)(=O)C1CC1)C(=O)O. The van der Waals surface area contributed by atoms with E-state index in [1.165, 1.54) is 22.3 Å². The molecule has 244 valence electrons. The van der Waals surface area contributed by atoms with Crippen LogP contribution in [0.5, 0.6) is 5.88 Å². The van der Waals surface area contributed by atoms with Gasteiger partial charge in [0, 0.05) is 12.3 Å². The van der Waals surface area contributed by atoms with E-state index in [1.807, 2.05) is 35.7 Å². The van der Waals surface area contributed by atoms with Crippen LogP contribution < -0.4 is 10.1 Å². The molecule has 2 aromatic heterocycles. The van der Waals surface area contributed by atoms with Crippen LogP contribution in [-0.2, 0) is 24.4 Å². The van der Waals surface area contributed by atoms with Gasteiger partial charge in [-0.3, -0.25) is 14.8 Å². The molecule has 0 spiro atoms. The molecule has 1 aromatic carbocycles. The van der Waals surface area contributed by atoms with Crippen LogP contribution in [0.2, 0.25) is 0 Å². The molecular formula is C31H35N5O8S2. The van der Waals surface area contributed by atoms with Gasteiger partial charge in [-0.05, 0) is 48.8 Å². The highest BCUT2D eigenvalue weighted by Gasteiger charge is 2.61. The van der Waals surface area contributed by atoms with E-state index in [0.717, 1.165) is 4.88 Å². The van der Waals surface area contributed by atoms with E-state index in [9.17, 15) is 33.1 Å². The smallest absolute Gasteiger partial charge is 0.330 e. The lowest BCUT2D eigenvalue weighted by atomic mass is 10.0. The average molecular weight is 670 g/mol. The number of carboxylic acids is 1. The largest absolute Gasteiger partial charge is 0.479 e. The molecule has 3 fully saturated rings. The third-order valence-corrected chi connectivity index (χ3v) is 11.7. The zero-order valence-corrected chi connectivity index (χ0v) is 26.9. The Bertz CT molecular complexity index is 1800. The third kappa shape index (κ3) is 5.76. The van der Waals surface area contributed by atoms with E-state index in [4.69, 9.17) is 14.7 Å². The molecule has 6 rings (SSSR count). The Morgan fingerprint density at radius 3 is 2.43 bits per heavy atom. The number of ether oxygens (including phenoxy) is 1. The lowest BCUT2D eigenvalue weighted by molar-refractivity contribution is -0.152. The zero-order chi connectivity index (χ0) is 33.0. The van der Waals surface area contributed by atoms with E-state index >= 15 is 0 Å². The molecule has 15 heteroatoms. The lowest BCUT2D eigenvalue weighted by Gasteiger charge is -2.33. The van der Waals surface area contributed by atoms with E-state index in [-0.39, 0.29) is 29.7 Å². The number of carboxylic acid groups (broad SMARTS) is 1. The molecule has 3 aliphatic rings. The molecule has 0 radical (unpaired) electrons. The van der Waals surface area contributed by atoms with Gasteiger partial charge in [0.25, 0.3) is 0 Å². The first kappa shape index (κ1) is 32.0. The maximum Gasteiger partial charge on any atom is 0.330 e. The second kappa shape index (κ2) is 12.0. The number of sulfonamides is 1. The molecule has 46 heavy (non-hydrogen) atoms. The fourth-order valence-corrected chi connectivity index (χ4v) is 8.37. The molecule has 2 amide bonds. The summed E-state index contributed by atoms with van der Waals surface area (Å²) in [5.41, 5.74) is 0.150. The van der Waals surface area contributed by atoms with Crippen LogP contribution in [0.3, 0.4) is 0 Å². The number of fused-ring (bicyclic) bond motifs is 1. The Hall–Kier alpha value is -3.92. The van der Waals surface area contributed by atoms with Gasteiger partial charge in [-0.25, -0.2) is 23.2 Å². The third-order valence-electron chi connectivity index (χ3n) is 8.78. The molecule has 13 nitrogen and oxygen atoms in total. The van der Waals surface area contributed by atoms with Crippen molar-refractivity contribution >= 4 is 50.2 Å². The molecule has 2 aliphatic carbocycles. The number of likely N-dealkylation sites (tertiary alicyclic amines) is 1. The molecular weight excluding hydrogens is 635 g/mol. The maximum atomic E-state index is 14.2. The van der Waals surface area contributed by atoms with E-state index in [2.05, 4.69) is 11.9 Å². The van der Waals surface area contributed by atoms with Crippen molar-refractivity contribution in [1.82, 2.24) is 24.7 Å². The number of hydrogen-bond acceptors (Lipinski definition) is 10. The second-order valence-corrected chi connectivity index (χ2v) is 15.4. The van der Waals surface area contributed by atoms with Gasteiger partial charge in [-0.15, -0.1) is 17.9 Å². The normalized spacial score (nSPS) is 25.1. The number of thiophene rings is 1. The molecule has 1 saturated heterocycles. The van der Waals surface area contributed by atoms with E-state index < -0.39 is 68.6 Å². The van der Waals surface area contributed by atoms with Gasteiger partial charge in [0.05, 0.1) is 27.7 Å². The fourth-order valence-electron chi connectivity index (χ4n) is 5.97. The first-order chi connectivity index (χ1) is 21.9. The Morgan fingerprint density at radius 2 is 1.87 bits per heavy atom. The zero-order valence-electron chi connectivity index (χ0n) is 25.3. The number of hydroxylamine groups is 1. The highest BCUT2D eigenvalue weighted by molar-refractivity contribution is 7.89. The predicted octanol–water partition coefficient (Wildman–Crippen LogP) is 3.06. The molecule has 3 heterocycles. The number of rotatable bonds is 12. The summed E-state index contributed by atoms with van der Waals surface area (Å²) in [7, 11) is -4.17. The minimum Gasteiger partial charge on any atom is -0.479 e. The minimum absolute atomic E-state index is 0.0456. The Kier molecular flexibility index (Phi) is 8.38. The molecule has 3 N–H and O–H groups in total. The molecule has 3 aromatic rings. The highest BCUT2D eigenvalue weighted by Crippen LogP contribution is 2.45. The summed E-state index contributed by atoms with van der Waals surface area (Å²) >= 11 is 1.44. The Labute approximate surface area is 269 Å². The quantitative estimate of drug-likeness (QED) is 0.192. The topological polar surface area (TPSA) is 179 Å². The fraction of sp³-hybridized carbons (Fsp3) is 0.452. The van der Waals surface area contributed by atoms with Crippen LogP contribution in [0.1, 0.15) is 39.5 Å². The Morgan fingerprint density at radius 1 is 1.17 bits per heavy atom. The van der Waals surface area contributed by atoms with Crippen LogP contribution in [0, 0.1) is 11.8 Å². The number of benzene rings is 1. The van der Waals surface area contributed by atoms with Crippen LogP contribution >= 0.6 is 11.3 Å². The van der Waals surface area contributed by atoms with Crippen LogP contribution in [0.25, 0.3) is 21.6 Å². The summed E-state index contributed by atoms with van der Waals surface area (Å²) in [4.78, 5) is 51.6.